The molecule has 0 saturated heterocycles. The molecule has 0 fully saturated rings. The maximum atomic E-state index is 13.0. The maximum Gasteiger partial charge on any atom is 0.340 e. The van der Waals surface area contributed by atoms with Gasteiger partial charge in [0.05, 0.1) is 16.3 Å². The molecule has 0 aliphatic heterocycles. The van der Waals surface area contributed by atoms with Crippen molar-refractivity contribution < 1.29 is 13.2 Å². The first-order valence-electron chi connectivity index (χ1n) is 9.09. The van der Waals surface area contributed by atoms with Crippen LogP contribution in [0.5, 0.6) is 0 Å². The zero-order valence-corrected chi connectivity index (χ0v) is 17.1. The number of carbonyl (C=O) groups is 1. The van der Waals surface area contributed by atoms with E-state index in [1.165, 1.54) is 17.9 Å². The fraction of sp³-hybridized carbons (Fsp3) is 0.0870. The lowest BCUT2D eigenvalue weighted by Gasteiger charge is -2.23. The van der Waals surface area contributed by atoms with Crippen molar-refractivity contribution in [2.24, 2.45) is 0 Å². The number of para-hydroxylation sites is 2. The van der Waals surface area contributed by atoms with E-state index >= 15 is 0 Å². The van der Waals surface area contributed by atoms with Crippen LogP contribution in [-0.4, -0.2) is 14.4 Å². The molecule has 0 aliphatic rings. The second-order valence-corrected chi connectivity index (χ2v) is 8.44. The highest BCUT2D eigenvalue weighted by molar-refractivity contribution is 7.94. The van der Waals surface area contributed by atoms with Gasteiger partial charge in [-0.25, -0.2) is 17.9 Å². The molecule has 3 rings (SSSR count). The largest absolute Gasteiger partial charge is 0.340 e. The third kappa shape index (κ3) is 5.12. The number of hydrogen-bond acceptors (Lipinski definition) is 3. The molecule has 2 amide bonds. The number of rotatable bonds is 5. The number of allylic oxidation sites excluding steroid dienone is 1. The maximum absolute atomic E-state index is 13.0. The highest BCUT2D eigenvalue weighted by Gasteiger charge is 2.24. The van der Waals surface area contributed by atoms with Gasteiger partial charge in [0.1, 0.15) is 0 Å². The summed E-state index contributed by atoms with van der Waals surface area (Å²) in [6.45, 7) is 3.42. The zero-order chi connectivity index (χ0) is 20.9. The van der Waals surface area contributed by atoms with Crippen molar-refractivity contribution in [3.05, 3.63) is 101 Å². The predicted octanol–water partition coefficient (Wildman–Crippen LogP) is 5.23. The molecule has 0 atom stereocenters. The molecular weight excluding hydrogens is 384 g/mol. The van der Waals surface area contributed by atoms with Crippen LogP contribution in [0, 0.1) is 6.92 Å². The Bertz CT molecular complexity index is 1070. The lowest BCUT2D eigenvalue weighted by atomic mass is 10.1. The summed E-state index contributed by atoms with van der Waals surface area (Å²) in [5.41, 5.74) is 2.95. The minimum absolute atomic E-state index is 0.0516. The van der Waals surface area contributed by atoms with Gasteiger partial charge < -0.3 is 0 Å². The molecule has 6 heteroatoms. The fourth-order valence-electron chi connectivity index (χ4n) is 2.75. The van der Waals surface area contributed by atoms with Gasteiger partial charge in [0, 0.05) is 0 Å². The number of amides is 2. The highest BCUT2D eigenvalue weighted by atomic mass is 32.2. The summed E-state index contributed by atoms with van der Waals surface area (Å²) in [5, 5.41) is 0. The van der Waals surface area contributed by atoms with E-state index in [1.807, 2.05) is 43.3 Å². The Kier molecular flexibility index (Phi) is 6.14. The lowest BCUT2D eigenvalue weighted by Crippen LogP contribution is -2.40. The summed E-state index contributed by atoms with van der Waals surface area (Å²) in [4.78, 5) is 14.4. The highest BCUT2D eigenvalue weighted by Crippen LogP contribution is 2.25. The number of hydrogen-bond donors (Lipinski definition) is 1. The smallest absolute Gasteiger partial charge is 0.262 e. The molecule has 0 unspecified atom stereocenters. The van der Waals surface area contributed by atoms with E-state index in [1.54, 1.807) is 48.5 Å². The molecule has 5 nitrogen and oxygen atoms in total. The predicted molar refractivity (Wildman–Crippen MR) is 117 cm³/mol. The Hall–Kier alpha value is -3.38. The number of aryl methyl sites for hydroxylation is 1. The van der Waals surface area contributed by atoms with E-state index in [0.29, 0.717) is 11.4 Å². The van der Waals surface area contributed by atoms with Gasteiger partial charge in [-0.1, -0.05) is 66.2 Å². The quantitative estimate of drug-likeness (QED) is 0.631. The van der Waals surface area contributed by atoms with Crippen LogP contribution < -0.4 is 9.62 Å². The van der Waals surface area contributed by atoms with Crippen LogP contribution in [0.4, 0.5) is 16.2 Å². The standard InChI is InChI=1S/C23H22N2O3S/c1-18-13-15-20(16-14-18)17-19(2)29(27,28)24-23(26)25(21-9-5-3-6-10-21)22-11-7-4-8-12-22/h3-17H,1-2H3,(H,24,26). The molecule has 0 bridgehead atoms. The average molecular weight is 407 g/mol. The molecule has 1 N–H and O–H groups in total. The molecule has 0 aromatic heterocycles. The lowest BCUT2D eigenvalue weighted by molar-refractivity contribution is 0.253. The number of benzene rings is 3. The number of urea groups is 1. The topological polar surface area (TPSA) is 66.5 Å². The van der Waals surface area contributed by atoms with E-state index < -0.39 is 16.1 Å². The molecular formula is C23H22N2O3S. The molecule has 0 radical (unpaired) electrons. The SMILES string of the molecule is CC(=Cc1ccc(C)cc1)S(=O)(=O)NC(=O)N(c1ccccc1)c1ccccc1. The number of carbonyl (C=O) groups excluding carboxylic acids is 1. The Balaban J connectivity index is 1.89. The van der Waals surface area contributed by atoms with E-state index in [4.69, 9.17) is 0 Å². The third-order valence-electron chi connectivity index (χ3n) is 4.32. The Labute approximate surface area is 171 Å². The minimum Gasteiger partial charge on any atom is -0.262 e. The van der Waals surface area contributed by atoms with Crippen molar-refractivity contribution >= 4 is 33.5 Å². The van der Waals surface area contributed by atoms with Crippen LogP contribution >= 0.6 is 0 Å². The molecule has 0 heterocycles. The monoisotopic (exact) mass is 406 g/mol. The summed E-state index contributed by atoms with van der Waals surface area (Å²) < 4.78 is 27.7. The van der Waals surface area contributed by atoms with Crippen molar-refractivity contribution in [3.63, 3.8) is 0 Å². The van der Waals surface area contributed by atoms with Gasteiger partial charge in [0.15, 0.2) is 0 Å². The number of anilines is 2. The van der Waals surface area contributed by atoms with Crippen molar-refractivity contribution in [2.75, 3.05) is 4.90 Å². The van der Waals surface area contributed by atoms with Crippen LogP contribution in [0.3, 0.4) is 0 Å². The normalized spacial score (nSPS) is 11.7. The Morgan fingerprint density at radius 2 is 1.31 bits per heavy atom. The van der Waals surface area contributed by atoms with E-state index in [0.717, 1.165) is 11.1 Å². The Morgan fingerprint density at radius 3 is 1.79 bits per heavy atom. The number of nitrogens with one attached hydrogen (secondary N) is 1. The van der Waals surface area contributed by atoms with Gasteiger partial charge in [-0.2, -0.15) is 0 Å². The summed E-state index contributed by atoms with van der Waals surface area (Å²) in [7, 11) is -4.01. The van der Waals surface area contributed by atoms with Crippen LogP contribution in [0.25, 0.3) is 6.08 Å². The molecule has 3 aromatic carbocycles. The van der Waals surface area contributed by atoms with Crippen LogP contribution in [0.15, 0.2) is 89.8 Å². The molecule has 3 aromatic rings. The van der Waals surface area contributed by atoms with Crippen molar-refractivity contribution in [3.8, 4) is 0 Å². The first-order chi connectivity index (χ1) is 13.9. The van der Waals surface area contributed by atoms with Crippen molar-refractivity contribution in [2.45, 2.75) is 13.8 Å². The van der Waals surface area contributed by atoms with Gasteiger partial charge in [0.2, 0.25) is 0 Å². The van der Waals surface area contributed by atoms with Gasteiger partial charge in [-0.3, -0.25) is 4.90 Å². The minimum atomic E-state index is -4.01. The summed E-state index contributed by atoms with van der Waals surface area (Å²) in [5.74, 6) is 0. The molecule has 0 spiro atoms. The number of nitrogens with zero attached hydrogens (tertiary/aromatic N) is 1. The number of sulfonamides is 1. The molecule has 29 heavy (non-hydrogen) atoms. The van der Waals surface area contributed by atoms with Crippen LogP contribution in [0.2, 0.25) is 0 Å². The van der Waals surface area contributed by atoms with E-state index in [9.17, 15) is 13.2 Å². The zero-order valence-electron chi connectivity index (χ0n) is 16.2. The second kappa shape index (κ2) is 8.75. The summed E-state index contributed by atoms with van der Waals surface area (Å²) >= 11 is 0. The van der Waals surface area contributed by atoms with E-state index in [2.05, 4.69) is 4.72 Å². The van der Waals surface area contributed by atoms with Gasteiger partial charge in [-0.15, -0.1) is 0 Å². The van der Waals surface area contributed by atoms with Crippen molar-refractivity contribution in [1.29, 1.82) is 0 Å². The molecule has 0 saturated carbocycles. The van der Waals surface area contributed by atoms with Crippen molar-refractivity contribution in [1.82, 2.24) is 4.72 Å². The first-order valence-corrected chi connectivity index (χ1v) is 10.6. The van der Waals surface area contributed by atoms with Gasteiger partial charge >= 0.3 is 6.03 Å². The third-order valence-corrected chi connectivity index (χ3v) is 5.73. The summed E-state index contributed by atoms with van der Waals surface area (Å²) in [6.07, 6.45) is 1.53. The van der Waals surface area contributed by atoms with E-state index in [-0.39, 0.29) is 4.91 Å². The van der Waals surface area contributed by atoms with Crippen LogP contribution in [0.1, 0.15) is 18.1 Å². The summed E-state index contributed by atoms with van der Waals surface area (Å²) in [6, 6.07) is 24.5. The van der Waals surface area contributed by atoms with Gasteiger partial charge in [0.25, 0.3) is 10.0 Å². The van der Waals surface area contributed by atoms with Gasteiger partial charge in [-0.05, 0) is 49.8 Å². The average Bonchev–Trinajstić information content (AvgIpc) is 2.71. The van der Waals surface area contributed by atoms with Crippen LogP contribution in [-0.2, 0) is 10.0 Å². The first kappa shape index (κ1) is 20.4. The molecule has 0 aliphatic carbocycles. The Morgan fingerprint density at radius 1 is 0.828 bits per heavy atom. The molecule has 148 valence electrons. The fourth-order valence-corrected chi connectivity index (χ4v) is 3.53. The second-order valence-electron chi connectivity index (χ2n) is 6.58.